The minimum Gasteiger partial charge on any atom is -0.388 e. The van der Waals surface area contributed by atoms with E-state index in [1.807, 2.05) is 0 Å². The molecule has 0 spiro atoms. The average Bonchev–Trinajstić information content (AvgIpc) is 2.22. The zero-order valence-electron chi connectivity index (χ0n) is 8.67. The van der Waals surface area contributed by atoms with Gasteiger partial charge in [0.25, 0.3) is 0 Å². The van der Waals surface area contributed by atoms with Crippen molar-refractivity contribution in [2.75, 3.05) is 13.1 Å². The van der Waals surface area contributed by atoms with Crippen molar-refractivity contribution in [3.05, 3.63) is 33.4 Å². The largest absolute Gasteiger partial charge is 0.388 e. The van der Waals surface area contributed by atoms with Crippen molar-refractivity contribution in [1.29, 1.82) is 0 Å². The first-order valence-electron chi connectivity index (χ1n) is 5.36. The summed E-state index contributed by atoms with van der Waals surface area (Å²) in [6, 6.07) is 8.40. The van der Waals surface area contributed by atoms with E-state index in [0.29, 0.717) is 0 Å². The second-order valence-electron chi connectivity index (χ2n) is 4.31. The normalized spacial score (nSPS) is 26.5. The number of nitrogens with one attached hydrogen (secondary N) is 1. The molecule has 2 N–H and O–H groups in total. The number of β-amino-alcohol motifs (C(OH)–C–C–N with tert-alkyl or cyclic N) is 1. The van der Waals surface area contributed by atoms with Gasteiger partial charge in [-0.15, -0.1) is 0 Å². The summed E-state index contributed by atoms with van der Waals surface area (Å²) in [6.07, 6.45) is 2.74. The minimum absolute atomic E-state index is 0.537. The van der Waals surface area contributed by atoms with Gasteiger partial charge in [-0.1, -0.05) is 12.1 Å². The molecule has 0 bridgehead atoms. The molecular formula is C12H16INO. The lowest BCUT2D eigenvalue weighted by Gasteiger charge is -2.32. The fourth-order valence-corrected chi connectivity index (χ4v) is 2.44. The molecule has 1 aliphatic heterocycles. The van der Waals surface area contributed by atoms with Gasteiger partial charge in [-0.3, -0.25) is 0 Å². The fourth-order valence-electron chi connectivity index (χ4n) is 2.09. The van der Waals surface area contributed by atoms with Crippen molar-refractivity contribution in [3.8, 4) is 0 Å². The molecule has 1 atom stereocenters. The van der Waals surface area contributed by atoms with Crippen LogP contribution in [0, 0.1) is 3.57 Å². The molecule has 1 fully saturated rings. The highest BCUT2D eigenvalue weighted by Gasteiger charge is 2.28. The molecule has 0 amide bonds. The standard InChI is InChI=1S/C12H16INO/c13-11-4-2-10(3-5-11)8-12(15)6-1-7-14-9-12/h2-5,14-15H,1,6-9H2. The molecule has 1 aromatic carbocycles. The van der Waals surface area contributed by atoms with Crippen LogP contribution in [0.4, 0.5) is 0 Å². The van der Waals surface area contributed by atoms with Gasteiger partial charge in [0, 0.05) is 16.5 Å². The van der Waals surface area contributed by atoms with E-state index in [1.165, 1.54) is 9.13 Å². The van der Waals surface area contributed by atoms with Crippen LogP contribution in [0.15, 0.2) is 24.3 Å². The van der Waals surface area contributed by atoms with Crippen molar-refractivity contribution in [1.82, 2.24) is 5.32 Å². The summed E-state index contributed by atoms with van der Waals surface area (Å²) >= 11 is 2.30. The number of hydrogen-bond acceptors (Lipinski definition) is 2. The highest BCUT2D eigenvalue weighted by atomic mass is 127. The Bertz CT molecular complexity index is 317. The third-order valence-corrected chi connectivity index (χ3v) is 3.62. The Morgan fingerprint density at radius 2 is 2.07 bits per heavy atom. The maximum Gasteiger partial charge on any atom is 0.0812 e. The van der Waals surface area contributed by atoms with Crippen LogP contribution in [0.5, 0.6) is 0 Å². The minimum atomic E-state index is -0.537. The second-order valence-corrected chi connectivity index (χ2v) is 5.55. The summed E-state index contributed by atoms with van der Waals surface area (Å²) in [5, 5.41) is 13.6. The third-order valence-electron chi connectivity index (χ3n) is 2.90. The molecular weight excluding hydrogens is 301 g/mol. The first-order valence-corrected chi connectivity index (χ1v) is 6.43. The van der Waals surface area contributed by atoms with Crippen LogP contribution >= 0.6 is 22.6 Å². The Balaban J connectivity index is 2.03. The highest BCUT2D eigenvalue weighted by Crippen LogP contribution is 2.21. The molecule has 15 heavy (non-hydrogen) atoms. The number of aliphatic hydroxyl groups is 1. The van der Waals surface area contributed by atoms with Gasteiger partial charge in [-0.25, -0.2) is 0 Å². The van der Waals surface area contributed by atoms with Crippen molar-refractivity contribution in [2.24, 2.45) is 0 Å². The summed E-state index contributed by atoms with van der Waals surface area (Å²) < 4.78 is 1.24. The van der Waals surface area contributed by atoms with E-state index in [2.05, 4.69) is 52.2 Å². The monoisotopic (exact) mass is 317 g/mol. The van der Waals surface area contributed by atoms with Gasteiger partial charge >= 0.3 is 0 Å². The Labute approximate surface area is 104 Å². The van der Waals surface area contributed by atoms with E-state index in [-0.39, 0.29) is 0 Å². The van der Waals surface area contributed by atoms with Gasteiger partial charge in [0.05, 0.1) is 5.60 Å². The van der Waals surface area contributed by atoms with E-state index in [9.17, 15) is 5.11 Å². The lowest BCUT2D eigenvalue weighted by atomic mass is 9.88. The summed E-state index contributed by atoms with van der Waals surface area (Å²) in [5.74, 6) is 0. The van der Waals surface area contributed by atoms with E-state index < -0.39 is 5.60 Å². The maximum absolute atomic E-state index is 10.3. The van der Waals surface area contributed by atoms with Gasteiger partial charge in [0.1, 0.15) is 0 Å². The molecule has 1 aromatic rings. The van der Waals surface area contributed by atoms with Gasteiger partial charge in [-0.2, -0.15) is 0 Å². The van der Waals surface area contributed by atoms with Crippen molar-refractivity contribution in [2.45, 2.75) is 24.9 Å². The van der Waals surface area contributed by atoms with E-state index in [0.717, 1.165) is 32.4 Å². The van der Waals surface area contributed by atoms with Crippen LogP contribution in [0.3, 0.4) is 0 Å². The summed E-state index contributed by atoms with van der Waals surface area (Å²) in [5.41, 5.74) is 0.687. The Kier molecular flexibility index (Phi) is 3.64. The quantitative estimate of drug-likeness (QED) is 0.817. The highest BCUT2D eigenvalue weighted by molar-refractivity contribution is 14.1. The lowest BCUT2D eigenvalue weighted by Crippen LogP contribution is -2.47. The van der Waals surface area contributed by atoms with Crippen molar-refractivity contribution < 1.29 is 5.11 Å². The molecule has 3 heteroatoms. The van der Waals surface area contributed by atoms with E-state index in [4.69, 9.17) is 0 Å². The van der Waals surface area contributed by atoms with Crippen LogP contribution in [0.25, 0.3) is 0 Å². The Morgan fingerprint density at radius 1 is 1.33 bits per heavy atom. The van der Waals surface area contributed by atoms with Gasteiger partial charge < -0.3 is 10.4 Å². The number of halogens is 1. The van der Waals surface area contributed by atoms with Crippen LogP contribution in [-0.2, 0) is 6.42 Å². The number of rotatable bonds is 2. The SMILES string of the molecule is OC1(Cc2ccc(I)cc2)CCCNC1. The van der Waals surface area contributed by atoms with E-state index in [1.54, 1.807) is 0 Å². The van der Waals surface area contributed by atoms with Crippen molar-refractivity contribution >= 4 is 22.6 Å². The summed E-state index contributed by atoms with van der Waals surface area (Å²) in [4.78, 5) is 0. The average molecular weight is 317 g/mol. The summed E-state index contributed by atoms with van der Waals surface area (Å²) in [7, 11) is 0. The molecule has 2 nitrogen and oxygen atoms in total. The molecule has 1 heterocycles. The molecule has 0 saturated carbocycles. The predicted molar refractivity (Wildman–Crippen MR) is 69.9 cm³/mol. The number of piperidine rings is 1. The summed E-state index contributed by atoms with van der Waals surface area (Å²) in [6.45, 7) is 1.76. The molecule has 1 saturated heterocycles. The second kappa shape index (κ2) is 4.80. The van der Waals surface area contributed by atoms with Gasteiger partial charge in [-0.05, 0) is 59.7 Å². The Hall–Kier alpha value is -0.130. The molecule has 0 aliphatic carbocycles. The number of hydrogen-bond donors (Lipinski definition) is 2. The third kappa shape index (κ3) is 3.16. The van der Waals surface area contributed by atoms with Gasteiger partial charge in [0.15, 0.2) is 0 Å². The molecule has 2 rings (SSSR count). The van der Waals surface area contributed by atoms with Gasteiger partial charge in [0.2, 0.25) is 0 Å². The smallest absolute Gasteiger partial charge is 0.0812 e. The molecule has 82 valence electrons. The predicted octanol–water partition coefficient (Wildman–Crippen LogP) is 1.95. The maximum atomic E-state index is 10.3. The van der Waals surface area contributed by atoms with Crippen LogP contribution in [0.1, 0.15) is 18.4 Å². The van der Waals surface area contributed by atoms with Crippen LogP contribution in [0.2, 0.25) is 0 Å². The Morgan fingerprint density at radius 3 is 2.67 bits per heavy atom. The van der Waals surface area contributed by atoms with Crippen molar-refractivity contribution in [3.63, 3.8) is 0 Å². The first-order chi connectivity index (χ1) is 7.18. The molecule has 1 aliphatic rings. The molecule has 0 aromatic heterocycles. The van der Waals surface area contributed by atoms with Crippen LogP contribution < -0.4 is 5.32 Å². The van der Waals surface area contributed by atoms with E-state index >= 15 is 0 Å². The molecule has 0 radical (unpaired) electrons. The first kappa shape index (κ1) is 11.4. The fraction of sp³-hybridized carbons (Fsp3) is 0.500. The zero-order valence-corrected chi connectivity index (χ0v) is 10.8. The molecule has 1 unspecified atom stereocenters. The topological polar surface area (TPSA) is 32.3 Å². The van der Waals surface area contributed by atoms with Crippen LogP contribution in [-0.4, -0.2) is 23.8 Å². The zero-order chi connectivity index (χ0) is 10.7. The number of benzene rings is 1. The lowest BCUT2D eigenvalue weighted by molar-refractivity contribution is 0.0169.